The molecule has 2 heteroatoms. The fourth-order valence-electron chi connectivity index (χ4n) is 1.12. The summed E-state index contributed by atoms with van der Waals surface area (Å²) >= 11 is 4.29. The predicted molar refractivity (Wildman–Crippen MR) is 50.9 cm³/mol. The van der Waals surface area contributed by atoms with Crippen molar-refractivity contribution >= 4 is 12.6 Å². The molecule has 0 fully saturated rings. The molecule has 0 saturated heterocycles. The summed E-state index contributed by atoms with van der Waals surface area (Å²) in [5.41, 5.74) is 0. The number of thiol groups is 1. The monoisotopic (exact) mass is 161 g/mol. The Balaban J connectivity index is 3.53. The van der Waals surface area contributed by atoms with Gasteiger partial charge in [-0.05, 0) is 26.4 Å². The maximum Gasteiger partial charge on any atom is 0.0178 e. The number of hydrogen-bond donors (Lipinski definition) is 1. The molecule has 1 atom stereocenters. The van der Waals surface area contributed by atoms with Gasteiger partial charge in [-0.3, -0.25) is 0 Å². The summed E-state index contributed by atoms with van der Waals surface area (Å²) in [6.07, 6.45) is 2.45. The van der Waals surface area contributed by atoms with Crippen molar-refractivity contribution in [2.24, 2.45) is 0 Å². The van der Waals surface area contributed by atoms with Crippen LogP contribution in [-0.2, 0) is 0 Å². The molecular formula is C8H19NS. The Bertz CT molecular complexity index is 71.7. The maximum absolute atomic E-state index is 4.29. The van der Waals surface area contributed by atoms with Crippen molar-refractivity contribution < 1.29 is 0 Å². The Kier molecular flexibility index (Phi) is 6.24. The molecule has 0 aromatic heterocycles. The van der Waals surface area contributed by atoms with Crippen LogP contribution in [0.3, 0.4) is 0 Å². The van der Waals surface area contributed by atoms with Crippen LogP contribution >= 0.6 is 12.6 Å². The quantitative estimate of drug-likeness (QED) is 0.604. The van der Waals surface area contributed by atoms with E-state index >= 15 is 0 Å². The second kappa shape index (κ2) is 6.05. The van der Waals surface area contributed by atoms with Crippen LogP contribution in [0.2, 0.25) is 0 Å². The summed E-state index contributed by atoms with van der Waals surface area (Å²) in [6, 6.07) is 0.670. The topological polar surface area (TPSA) is 3.24 Å². The number of hydrogen-bond acceptors (Lipinski definition) is 2. The summed E-state index contributed by atoms with van der Waals surface area (Å²) in [6.45, 7) is 5.62. The number of nitrogens with zero attached hydrogens (tertiary/aromatic N) is 1. The summed E-state index contributed by atoms with van der Waals surface area (Å²) in [4.78, 5) is 2.38. The minimum Gasteiger partial charge on any atom is -0.303 e. The predicted octanol–water partition coefficient (Wildman–Crippen LogP) is 2.04. The standard InChI is InChI=1S/C8H19NS/c1-4-6-9(3)8(5-2)7-10/h8,10H,4-7H2,1-3H3. The van der Waals surface area contributed by atoms with Gasteiger partial charge in [-0.2, -0.15) is 12.6 Å². The highest BCUT2D eigenvalue weighted by Crippen LogP contribution is 2.03. The highest BCUT2D eigenvalue weighted by atomic mass is 32.1. The van der Waals surface area contributed by atoms with Crippen LogP contribution in [0.5, 0.6) is 0 Å². The van der Waals surface area contributed by atoms with E-state index in [4.69, 9.17) is 0 Å². The van der Waals surface area contributed by atoms with Crippen LogP contribution in [0.25, 0.3) is 0 Å². The first-order valence-electron chi connectivity index (χ1n) is 4.07. The van der Waals surface area contributed by atoms with Gasteiger partial charge in [-0.15, -0.1) is 0 Å². The van der Waals surface area contributed by atoms with E-state index in [2.05, 4.69) is 38.4 Å². The minimum absolute atomic E-state index is 0.670. The van der Waals surface area contributed by atoms with Crippen molar-refractivity contribution in [3.8, 4) is 0 Å². The summed E-state index contributed by atoms with van der Waals surface area (Å²) in [5, 5.41) is 0. The van der Waals surface area contributed by atoms with Crippen molar-refractivity contribution in [2.75, 3.05) is 19.3 Å². The van der Waals surface area contributed by atoms with Crippen molar-refractivity contribution in [1.82, 2.24) is 4.90 Å². The van der Waals surface area contributed by atoms with Crippen molar-refractivity contribution in [1.29, 1.82) is 0 Å². The van der Waals surface area contributed by atoms with E-state index in [1.165, 1.54) is 19.4 Å². The van der Waals surface area contributed by atoms with Crippen molar-refractivity contribution in [3.05, 3.63) is 0 Å². The fraction of sp³-hybridized carbons (Fsp3) is 1.00. The molecule has 0 aromatic rings. The van der Waals surface area contributed by atoms with Gasteiger partial charge < -0.3 is 4.90 Å². The average Bonchev–Trinajstić information content (AvgIpc) is 1.91. The molecule has 0 amide bonds. The van der Waals surface area contributed by atoms with E-state index in [1.54, 1.807) is 0 Å². The molecule has 0 heterocycles. The van der Waals surface area contributed by atoms with E-state index in [-0.39, 0.29) is 0 Å². The third-order valence-electron chi connectivity index (χ3n) is 1.88. The first kappa shape index (κ1) is 10.3. The van der Waals surface area contributed by atoms with Crippen LogP contribution in [0.4, 0.5) is 0 Å². The highest BCUT2D eigenvalue weighted by molar-refractivity contribution is 7.80. The van der Waals surface area contributed by atoms with Crippen molar-refractivity contribution in [2.45, 2.75) is 32.7 Å². The lowest BCUT2D eigenvalue weighted by atomic mass is 10.2. The van der Waals surface area contributed by atoms with E-state index in [9.17, 15) is 0 Å². The number of rotatable bonds is 5. The van der Waals surface area contributed by atoms with Gasteiger partial charge in [0.2, 0.25) is 0 Å². The first-order valence-corrected chi connectivity index (χ1v) is 4.70. The summed E-state index contributed by atoms with van der Waals surface area (Å²) in [7, 11) is 2.17. The normalized spacial score (nSPS) is 14.1. The van der Waals surface area contributed by atoms with Gasteiger partial charge in [0.15, 0.2) is 0 Å². The zero-order valence-corrected chi connectivity index (χ0v) is 8.19. The molecule has 0 rings (SSSR count). The molecule has 1 unspecified atom stereocenters. The van der Waals surface area contributed by atoms with Gasteiger partial charge in [0, 0.05) is 11.8 Å². The van der Waals surface area contributed by atoms with E-state index in [0.717, 1.165) is 5.75 Å². The molecule has 0 bridgehead atoms. The molecule has 1 nitrogen and oxygen atoms in total. The Hall–Kier alpha value is 0.310. The van der Waals surface area contributed by atoms with E-state index in [1.807, 2.05) is 0 Å². The van der Waals surface area contributed by atoms with Crippen molar-refractivity contribution in [3.63, 3.8) is 0 Å². The van der Waals surface area contributed by atoms with Crippen LogP contribution in [0.1, 0.15) is 26.7 Å². The van der Waals surface area contributed by atoms with E-state index in [0.29, 0.717) is 6.04 Å². The molecule has 0 aliphatic heterocycles. The lowest BCUT2D eigenvalue weighted by molar-refractivity contribution is 0.257. The third-order valence-corrected chi connectivity index (χ3v) is 2.30. The molecule has 0 spiro atoms. The zero-order chi connectivity index (χ0) is 7.98. The third kappa shape index (κ3) is 3.47. The van der Waals surface area contributed by atoms with Gasteiger partial charge >= 0.3 is 0 Å². The maximum atomic E-state index is 4.29. The highest BCUT2D eigenvalue weighted by Gasteiger charge is 2.08. The second-order valence-corrected chi connectivity index (χ2v) is 3.09. The van der Waals surface area contributed by atoms with Gasteiger partial charge in [-0.25, -0.2) is 0 Å². The molecule has 0 aromatic carbocycles. The minimum atomic E-state index is 0.670. The molecular weight excluding hydrogens is 142 g/mol. The molecule has 0 aliphatic rings. The molecule has 0 N–H and O–H groups in total. The van der Waals surface area contributed by atoms with Gasteiger partial charge in [0.1, 0.15) is 0 Å². The molecule has 62 valence electrons. The summed E-state index contributed by atoms with van der Waals surface area (Å²) in [5.74, 6) is 0.979. The zero-order valence-electron chi connectivity index (χ0n) is 7.30. The second-order valence-electron chi connectivity index (χ2n) is 2.73. The lowest BCUT2D eigenvalue weighted by Crippen LogP contribution is -2.33. The van der Waals surface area contributed by atoms with Crippen LogP contribution in [0.15, 0.2) is 0 Å². The Morgan fingerprint density at radius 3 is 2.30 bits per heavy atom. The smallest absolute Gasteiger partial charge is 0.0178 e. The fourth-order valence-corrected chi connectivity index (χ4v) is 1.65. The summed E-state index contributed by atoms with van der Waals surface area (Å²) < 4.78 is 0. The Morgan fingerprint density at radius 1 is 1.40 bits per heavy atom. The van der Waals surface area contributed by atoms with Crippen LogP contribution < -0.4 is 0 Å². The Morgan fingerprint density at radius 2 is 2.00 bits per heavy atom. The first-order chi connectivity index (χ1) is 4.76. The van der Waals surface area contributed by atoms with E-state index < -0.39 is 0 Å². The van der Waals surface area contributed by atoms with Gasteiger partial charge in [0.25, 0.3) is 0 Å². The largest absolute Gasteiger partial charge is 0.303 e. The molecule has 0 radical (unpaired) electrons. The lowest BCUT2D eigenvalue weighted by Gasteiger charge is -2.24. The Labute approximate surface area is 70.2 Å². The van der Waals surface area contributed by atoms with Gasteiger partial charge in [-0.1, -0.05) is 13.8 Å². The molecule has 10 heavy (non-hydrogen) atoms. The SMILES string of the molecule is CCCN(C)C(CC)CS. The van der Waals surface area contributed by atoms with Crippen LogP contribution in [0, 0.1) is 0 Å². The average molecular weight is 161 g/mol. The van der Waals surface area contributed by atoms with Crippen LogP contribution in [-0.4, -0.2) is 30.3 Å². The molecule has 0 saturated carbocycles. The molecule has 0 aliphatic carbocycles. The van der Waals surface area contributed by atoms with Gasteiger partial charge in [0.05, 0.1) is 0 Å².